The van der Waals surface area contributed by atoms with Crippen molar-refractivity contribution >= 4 is 17.1 Å². The van der Waals surface area contributed by atoms with Gasteiger partial charge in [0.2, 0.25) is 0 Å². The predicted octanol–water partition coefficient (Wildman–Crippen LogP) is 4.31. The highest BCUT2D eigenvalue weighted by molar-refractivity contribution is 5.78. The van der Waals surface area contributed by atoms with Crippen molar-refractivity contribution in [1.29, 1.82) is 0 Å². The zero-order valence-electron chi connectivity index (χ0n) is 23.1. The molecule has 0 amide bonds. The van der Waals surface area contributed by atoms with E-state index in [0.717, 1.165) is 32.5 Å². The van der Waals surface area contributed by atoms with Gasteiger partial charge in [-0.05, 0) is 67.2 Å². The molecule has 4 unspecified atom stereocenters. The van der Waals surface area contributed by atoms with Crippen LogP contribution in [0.25, 0.3) is 0 Å². The van der Waals surface area contributed by atoms with Crippen LogP contribution in [0.15, 0.2) is 66.7 Å². The molecule has 0 radical (unpaired) electrons. The van der Waals surface area contributed by atoms with Crippen molar-refractivity contribution in [3.8, 4) is 0 Å². The highest BCUT2D eigenvalue weighted by atomic mass is 15.3. The average Bonchev–Trinajstić information content (AvgIpc) is 3.47. The topological polar surface area (TPSA) is 54.6 Å². The lowest BCUT2D eigenvalue weighted by atomic mass is 9.42. The Morgan fingerprint density at radius 2 is 1.33 bits per heavy atom. The number of fused-ring (bicyclic) bond motifs is 5. The number of anilines is 3. The number of likely N-dealkylation sites (N-methyl/N-ethyl adjacent to an activating group) is 2. The van der Waals surface area contributed by atoms with Crippen molar-refractivity contribution in [2.24, 2.45) is 5.92 Å². The van der Waals surface area contributed by atoms with Gasteiger partial charge in [-0.25, -0.2) is 0 Å². The quantitative estimate of drug-likeness (QED) is 0.385. The van der Waals surface area contributed by atoms with Gasteiger partial charge < -0.3 is 16.0 Å². The first kappa shape index (κ1) is 22.7. The monoisotopic (exact) mass is 518 g/mol. The fourth-order valence-electron chi connectivity index (χ4n) is 10.4. The summed E-state index contributed by atoms with van der Waals surface area (Å²) >= 11 is 0. The van der Waals surface area contributed by atoms with Crippen LogP contribution in [-0.4, -0.2) is 62.0 Å². The predicted molar refractivity (Wildman–Crippen MR) is 157 cm³/mol. The molecule has 0 aliphatic carbocycles. The van der Waals surface area contributed by atoms with Crippen molar-refractivity contribution in [3.05, 3.63) is 89.0 Å². The number of benzene rings is 3. The van der Waals surface area contributed by atoms with E-state index >= 15 is 0 Å². The molecule has 200 valence electrons. The minimum Gasteiger partial charge on any atom is -0.369 e. The van der Waals surface area contributed by atoms with E-state index < -0.39 is 0 Å². The number of hydrogen-bond donors (Lipinski definition) is 4. The van der Waals surface area contributed by atoms with Crippen molar-refractivity contribution in [2.75, 3.05) is 49.7 Å². The molecule has 4 bridgehead atoms. The molecule has 3 saturated heterocycles. The molecule has 39 heavy (non-hydrogen) atoms. The van der Waals surface area contributed by atoms with Crippen LogP contribution in [-0.2, 0) is 16.2 Å². The highest BCUT2D eigenvalue weighted by Gasteiger charge is 2.73. The SMILES string of the molecule is CC1CNC2Nc3c(cccc3[C@]34CCN(C)[C@H]3Nc3ccccc34)C13[C@H]1Nc4ccccc4C23CCN1C. The number of para-hydroxylation sites is 3. The minimum absolute atomic E-state index is 0.0231. The van der Waals surface area contributed by atoms with Crippen molar-refractivity contribution < 1.29 is 0 Å². The van der Waals surface area contributed by atoms with Crippen LogP contribution in [0.2, 0.25) is 0 Å². The first-order valence-corrected chi connectivity index (χ1v) is 14.8. The van der Waals surface area contributed by atoms with E-state index in [1.165, 1.54) is 39.3 Å². The van der Waals surface area contributed by atoms with Gasteiger partial charge >= 0.3 is 0 Å². The van der Waals surface area contributed by atoms with Crippen molar-refractivity contribution in [1.82, 2.24) is 15.1 Å². The van der Waals surface area contributed by atoms with Gasteiger partial charge in [-0.15, -0.1) is 0 Å². The number of rotatable bonds is 1. The molecule has 0 spiro atoms. The summed E-state index contributed by atoms with van der Waals surface area (Å²) in [5.74, 6) is 0.465. The molecule has 4 N–H and O–H groups in total. The normalized spacial score (nSPS) is 39.3. The lowest BCUT2D eigenvalue weighted by Crippen LogP contribution is -2.83. The van der Waals surface area contributed by atoms with Gasteiger partial charge in [0, 0.05) is 47.5 Å². The smallest absolute Gasteiger partial charge is 0.0933 e. The number of nitrogens with one attached hydrogen (secondary N) is 4. The van der Waals surface area contributed by atoms with Gasteiger partial charge in [-0.1, -0.05) is 61.5 Å². The minimum atomic E-state index is -0.0800. The van der Waals surface area contributed by atoms with Crippen LogP contribution in [0.3, 0.4) is 0 Å². The van der Waals surface area contributed by atoms with Gasteiger partial charge in [0.05, 0.1) is 23.9 Å². The molecule has 0 saturated carbocycles. The van der Waals surface area contributed by atoms with Crippen LogP contribution < -0.4 is 21.3 Å². The zero-order valence-corrected chi connectivity index (χ0v) is 23.1. The second kappa shape index (κ2) is 7.36. The Labute approximate surface area is 231 Å². The molecule has 6 heteroatoms. The maximum Gasteiger partial charge on any atom is 0.0933 e. The summed E-state index contributed by atoms with van der Waals surface area (Å²) < 4.78 is 0. The lowest BCUT2D eigenvalue weighted by Gasteiger charge is -2.72. The van der Waals surface area contributed by atoms with E-state index in [1.807, 2.05) is 0 Å². The highest BCUT2D eigenvalue weighted by Crippen LogP contribution is 2.68. The Balaban J connectivity index is 1.36. The van der Waals surface area contributed by atoms with Crippen LogP contribution in [0.5, 0.6) is 0 Å². The van der Waals surface area contributed by atoms with Gasteiger partial charge in [-0.3, -0.25) is 15.1 Å². The van der Waals surface area contributed by atoms with Gasteiger partial charge in [0.25, 0.3) is 0 Å². The Morgan fingerprint density at radius 1 is 0.692 bits per heavy atom. The van der Waals surface area contributed by atoms with Gasteiger partial charge in [0.1, 0.15) is 0 Å². The molecular formula is C33H38N6. The van der Waals surface area contributed by atoms with E-state index in [9.17, 15) is 0 Å². The fraction of sp³-hybridized carbons (Fsp3) is 0.455. The van der Waals surface area contributed by atoms with Crippen LogP contribution in [0.4, 0.5) is 17.1 Å². The number of likely N-dealkylation sites (tertiary alicyclic amines) is 2. The maximum atomic E-state index is 4.24. The van der Waals surface area contributed by atoms with Crippen LogP contribution in [0, 0.1) is 5.92 Å². The van der Waals surface area contributed by atoms with E-state index in [2.05, 4.69) is 119 Å². The summed E-state index contributed by atoms with van der Waals surface area (Å²) in [4.78, 5) is 5.12. The third-order valence-electron chi connectivity index (χ3n) is 11.8. The van der Waals surface area contributed by atoms with Crippen LogP contribution >= 0.6 is 0 Å². The summed E-state index contributed by atoms with van der Waals surface area (Å²) in [6, 6.07) is 25.4. The molecule has 3 aromatic rings. The summed E-state index contributed by atoms with van der Waals surface area (Å²) in [5.41, 5.74) is 9.70. The molecule has 6 heterocycles. The third-order valence-corrected chi connectivity index (χ3v) is 11.8. The summed E-state index contributed by atoms with van der Waals surface area (Å²) in [6.45, 7) is 5.68. The van der Waals surface area contributed by atoms with Crippen molar-refractivity contribution in [3.63, 3.8) is 0 Å². The molecule has 6 nitrogen and oxygen atoms in total. The van der Waals surface area contributed by atoms with E-state index in [-0.39, 0.29) is 34.7 Å². The summed E-state index contributed by atoms with van der Waals surface area (Å²) in [6.07, 6.45) is 2.94. The Hall–Kier alpha value is -3.06. The van der Waals surface area contributed by atoms with E-state index in [4.69, 9.17) is 0 Å². The lowest BCUT2D eigenvalue weighted by molar-refractivity contribution is -0.0594. The first-order valence-electron chi connectivity index (χ1n) is 14.8. The molecule has 6 aliphatic rings. The first-order chi connectivity index (χ1) is 19.0. The van der Waals surface area contributed by atoms with Gasteiger partial charge in [0.15, 0.2) is 0 Å². The molecule has 6 aliphatic heterocycles. The summed E-state index contributed by atoms with van der Waals surface area (Å²) in [7, 11) is 4.61. The molecule has 7 atom stereocenters. The molecule has 9 rings (SSSR count). The number of nitrogens with zero attached hydrogens (tertiary/aromatic N) is 2. The van der Waals surface area contributed by atoms with Crippen molar-refractivity contribution in [2.45, 2.75) is 54.5 Å². The largest absolute Gasteiger partial charge is 0.369 e. The number of piperidine rings is 2. The van der Waals surface area contributed by atoms with E-state index in [1.54, 1.807) is 0 Å². The fourth-order valence-corrected chi connectivity index (χ4v) is 10.4. The molecule has 0 aromatic heterocycles. The van der Waals surface area contributed by atoms with Crippen LogP contribution in [0.1, 0.15) is 42.0 Å². The molecule has 3 fully saturated rings. The summed E-state index contributed by atoms with van der Waals surface area (Å²) in [5, 5.41) is 16.3. The number of hydrogen-bond acceptors (Lipinski definition) is 6. The zero-order chi connectivity index (χ0) is 26.1. The Bertz CT molecular complexity index is 1520. The molecular weight excluding hydrogens is 480 g/mol. The van der Waals surface area contributed by atoms with E-state index in [0.29, 0.717) is 5.92 Å². The second-order valence-corrected chi connectivity index (χ2v) is 13.1. The molecule has 3 aromatic carbocycles. The second-order valence-electron chi connectivity index (χ2n) is 13.1. The maximum absolute atomic E-state index is 4.24. The Kier molecular flexibility index (Phi) is 4.29. The third kappa shape index (κ3) is 2.35. The Morgan fingerprint density at radius 3 is 2.18 bits per heavy atom. The van der Waals surface area contributed by atoms with Gasteiger partial charge in [-0.2, -0.15) is 0 Å². The standard InChI is InChI=1S/C33H38N6/c1-20-19-34-28-32-16-18-39(3)30(36-26-14-7-5-10-22(26)32)33(20,32)24-12-8-11-23(27(24)37-28)31-15-17-38(2)29(31)35-25-13-6-4-9-21(25)31/h4-14,20,28-30,34-37H,15-19H2,1-3H3/t20?,28?,29-,30+,31-,32?,33?/m1/s1. The average molecular weight is 519 g/mol.